The first-order valence-electron chi connectivity index (χ1n) is 13.1. The van der Waals surface area contributed by atoms with E-state index in [1.165, 1.54) is 17.8 Å². The summed E-state index contributed by atoms with van der Waals surface area (Å²) in [6.45, 7) is 6.75. The van der Waals surface area contributed by atoms with Crippen molar-refractivity contribution >= 4 is 41.0 Å². The fraction of sp³-hybridized carbons (Fsp3) is 0.267. The van der Waals surface area contributed by atoms with E-state index in [0.29, 0.717) is 13.1 Å². The minimum atomic E-state index is -0.552. The summed E-state index contributed by atoms with van der Waals surface area (Å²) in [5.41, 5.74) is 5.62. The highest BCUT2D eigenvalue weighted by Gasteiger charge is 2.47. The second-order valence-electron chi connectivity index (χ2n) is 10.1. The van der Waals surface area contributed by atoms with Gasteiger partial charge in [0.25, 0.3) is 0 Å². The number of urea groups is 1. The van der Waals surface area contributed by atoms with E-state index in [-0.39, 0.29) is 23.9 Å². The zero-order valence-corrected chi connectivity index (χ0v) is 22.4. The van der Waals surface area contributed by atoms with Crippen LogP contribution in [0.25, 0.3) is 11.1 Å². The van der Waals surface area contributed by atoms with Gasteiger partial charge in [0, 0.05) is 30.9 Å². The van der Waals surface area contributed by atoms with Gasteiger partial charge in [-0.25, -0.2) is 9.78 Å². The fourth-order valence-electron chi connectivity index (χ4n) is 5.70. The molecule has 4 heterocycles. The molecule has 1 aromatic heterocycles. The number of anilines is 2. The summed E-state index contributed by atoms with van der Waals surface area (Å²) in [5, 5.41) is 6.39. The number of pyridine rings is 1. The van der Waals surface area contributed by atoms with Gasteiger partial charge in [0.2, 0.25) is 11.8 Å². The van der Waals surface area contributed by atoms with Gasteiger partial charge in [0.15, 0.2) is 0 Å². The van der Waals surface area contributed by atoms with Crippen LogP contribution in [0, 0.1) is 6.92 Å². The minimum absolute atomic E-state index is 0.128. The standard InChI is InChI=1S/C30H29N5O3S/c1-3-24(36)34-15-7-10-20(17-34)32-28(37)27-26-25-23(13-14-31-29(25)39-27)35(30(38)33-26)21-11-6-9-19(16-21)22-12-5-4-8-18(22)2/h3-6,8-9,11-14,16,20,26-27H,1,7,10,15,17H2,2H3,(H,32,37)(H,33,38)/t20?,26?,27-/m1/s1. The van der Waals surface area contributed by atoms with Gasteiger partial charge in [-0.05, 0) is 60.7 Å². The van der Waals surface area contributed by atoms with Crippen molar-refractivity contribution in [2.24, 2.45) is 0 Å². The summed E-state index contributed by atoms with van der Waals surface area (Å²) in [5.74, 6) is -0.293. The van der Waals surface area contributed by atoms with Gasteiger partial charge in [0.05, 0.1) is 17.4 Å². The van der Waals surface area contributed by atoms with Crippen molar-refractivity contribution in [1.82, 2.24) is 20.5 Å². The summed E-state index contributed by atoms with van der Waals surface area (Å²) in [4.78, 5) is 47.1. The normalized spacial score (nSPS) is 21.7. The van der Waals surface area contributed by atoms with E-state index in [9.17, 15) is 14.4 Å². The van der Waals surface area contributed by atoms with Crippen LogP contribution >= 0.6 is 11.8 Å². The first-order chi connectivity index (χ1) is 18.9. The monoisotopic (exact) mass is 539 g/mol. The third-order valence-corrected chi connectivity index (χ3v) is 8.87. The van der Waals surface area contributed by atoms with Crippen molar-refractivity contribution < 1.29 is 14.4 Å². The van der Waals surface area contributed by atoms with Gasteiger partial charge in [-0.3, -0.25) is 14.5 Å². The molecule has 6 rings (SSSR count). The quantitative estimate of drug-likeness (QED) is 0.458. The summed E-state index contributed by atoms with van der Waals surface area (Å²) in [6, 6.07) is 17.0. The maximum absolute atomic E-state index is 13.6. The molecule has 2 aromatic carbocycles. The third kappa shape index (κ3) is 4.57. The SMILES string of the molecule is C=CC(=O)N1CCCC(NC(=O)[C@@H]2Sc3nccc4c3C2NC(=O)N4c2cccc(-c3ccccc3C)c2)C1. The Bertz CT molecular complexity index is 1490. The average Bonchev–Trinajstić information content (AvgIpc) is 3.32. The summed E-state index contributed by atoms with van der Waals surface area (Å²) in [7, 11) is 0. The van der Waals surface area contributed by atoms with Crippen molar-refractivity contribution in [3.63, 3.8) is 0 Å². The zero-order valence-electron chi connectivity index (χ0n) is 21.6. The van der Waals surface area contributed by atoms with Crippen LogP contribution < -0.4 is 15.5 Å². The molecular formula is C30H29N5O3S. The number of nitrogens with zero attached hydrogens (tertiary/aromatic N) is 3. The Hall–Kier alpha value is -4.11. The number of carbonyl (C=O) groups is 3. The number of rotatable bonds is 5. The lowest BCUT2D eigenvalue weighted by atomic mass is 9.97. The van der Waals surface area contributed by atoms with Gasteiger partial charge in [-0.15, -0.1) is 0 Å². The number of amides is 4. The van der Waals surface area contributed by atoms with Crippen LogP contribution in [0.3, 0.4) is 0 Å². The van der Waals surface area contributed by atoms with Crippen molar-refractivity contribution in [3.05, 3.63) is 84.6 Å². The second kappa shape index (κ2) is 10.2. The molecule has 9 heteroatoms. The molecule has 0 spiro atoms. The minimum Gasteiger partial charge on any atom is -0.351 e. The molecular weight excluding hydrogens is 510 g/mol. The summed E-state index contributed by atoms with van der Waals surface area (Å²) >= 11 is 1.37. The molecule has 2 unspecified atom stereocenters. The van der Waals surface area contributed by atoms with Crippen LogP contribution in [0.4, 0.5) is 16.2 Å². The smallest absolute Gasteiger partial charge is 0.327 e. The van der Waals surface area contributed by atoms with Gasteiger partial charge >= 0.3 is 6.03 Å². The lowest BCUT2D eigenvalue weighted by molar-refractivity contribution is -0.129. The molecule has 198 valence electrons. The molecule has 0 aliphatic carbocycles. The number of piperidine rings is 1. The van der Waals surface area contributed by atoms with Crippen molar-refractivity contribution in [3.8, 4) is 11.1 Å². The molecule has 4 amide bonds. The molecule has 3 aromatic rings. The van der Waals surface area contributed by atoms with E-state index in [2.05, 4.69) is 41.3 Å². The number of aromatic nitrogens is 1. The maximum atomic E-state index is 13.6. The Labute approximate surface area is 231 Å². The average molecular weight is 540 g/mol. The van der Waals surface area contributed by atoms with Gasteiger partial charge in [0.1, 0.15) is 10.3 Å². The Morgan fingerprint density at radius 1 is 1.18 bits per heavy atom. The lowest BCUT2D eigenvalue weighted by Gasteiger charge is -2.35. The summed E-state index contributed by atoms with van der Waals surface area (Å²) < 4.78 is 0. The number of nitrogens with one attached hydrogen (secondary N) is 2. The molecule has 3 atom stereocenters. The molecule has 3 aliphatic heterocycles. The number of likely N-dealkylation sites (tertiary alicyclic amines) is 1. The Morgan fingerprint density at radius 2 is 2.03 bits per heavy atom. The maximum Gasteiger partial charge on any atom is 0.327 e. The zero-order chi connectivity index (χ0) is 27.1. The van der Waals surface area contributed by atoms with Crippen molar-refractivity contribution in [2.75, 3.05) is 18.0 Å². The number of hydrogen-bond acceptors (Lipinski definition) is 5. The predicted octanol–water partition coefficient (Wildman–Crippen LogP) is 4.73. The highest BCUT2D eigenvalue weighted by molar-refractivity contribution is 8.01. The predicted molar refractivity (Wildman–Crippen MR) is 152 cm³/mol. The molecule has 1 fully saturated rings. The largest absolute Gasteiger partial charge is 0.351 e. The summed E-state index contributed by atoms with van der Waals surface area (Å²) in [6.07, 6.45) is 4.60. The Kier molecular flexibility index (Phi) is 6.60. The number of aryl methyl sites for hydroxylation is 1. The second-order valence-corrected chi connectivity index (χ2v) is 11.2. The van der Waals surface area contributed by atoms with Gasteiger partial charge in [-0.2, -0.15) is 0 Å². The van der Waals surface area contributed by atoms with Crippen LogP contribution in [-0.4, -0.2) is 52.1 Å². The van der Waals surface area contributed by atoms with Gasteiger partial charge < -0.3 is 15.5 Å². The number of benzene rings is 2. The molecule has 8 nitrogen and oxygen atoms in total. The van der Waals surface area contributed by atoms with Crippen molar-refractivity contribution in [2.45, 2.75) is 42.1 Å². The molecule has 2 N–H and O–H groups in total. The van der Waals surface area contributed by atoms with E-state index in [1.807, 2.05) is 42.5 Å². The highest BCUT2D eigenvalue weighted by Crippen LogP contribution is 2.50. The topological polar surface area (TPSA) is 94.6 Å². The molecule has 0 bridgehead atoms. The first kappa shape index (κ1) is 25.2. The van der Waals surface area contributed by atoms with E-state index >= 15 is 0 Å². The molecule has 0 radical (unpaired) electrons. The Morgan fingerprint density at radius 3 is 2.85 bits per heavy atom. The van der Waals surface area contributed by atoms with E-state index in [0.717, 1.165) is 51.5 Å². The van der Waals surface area contributed by atoms with Crippen LogP contribution in [0.2, 0.25) is 0 Å². The molecule has 1 saturated heterocycles. The number of hydrogen-bond donors (Lipinski definition) is 2. The van der Waals surface area contributed by atoms with E-state index < -0.39 is 11.3 Å². The van der Waals surface area contributed by atoms with Crippen LogP contribution in [-0.2, 0) is 9.59 Å². The van der Waals surface area contributed by atoms with Crippen LogP contribution in [0.1, 0.15) is 30.0 Å². The van der Waals surface area contributed by atoms with Crippen LogP contribution in [0.5, 0.6) is 0 Å². The van der Waals surface area contributed by atoms with Crippen LogP contribution in [0.15, 0.2) is 78.5 Å². The first-order valence-corrected chi connectivity index (χ1v) is 14.0. The number of thioether (sulfide) groups is 1. The molecule has 3 aliphatic rings. The fourth-order valence-corrected chi connectivity index (χ4v) is 6.93. The number of carbonyl (C=O) groups excluding carboxylic acids is 3. The highest BCUT2D eigenvalue weighted by atomic mass is 32.2. The lowest BCUT2D eigenvalue weighted by Crippen LogP contribution is -2.53. The van der Waals surface area contributed by atoms with Gasteiger partial charge in [-0.1, -0.05) is 54.7 Å². The van der Waals surface area contributed by atoms with Crippen molar-refractivity contribution in [1.29, 1.82) is 0 Å². The molecule has 39 heavy (non-hydrogen) atoms. The Balaban J connectivity index is 1.27. The molecule has 0 saturated carbocycles. The third-order valence-electron chi connectivity index (χ3n) is 7.58. The van der Waals surface area contributed by atoms with E-state index in [4.69, 9.17) is 0 Å². The van der Waals surface area contributed by atoms with E-state index in [1.54, 1.807) is 16.0 Å².